The van der Waals surface area contributed by atoms with Gasteiger partial charge in [0.1, 0.15) is 0 Å². The van der Waals surface area contributed by atoms with E-state index in [0.29, 0.717) is 32.2 Å². The number of carboxylic acid groups (broad SMARTS) is 1. The first-order valence-electron chi connectivity index (χ1n) is 6.78. The lowest BCUT2D eigenvalue weighted by Crippen LogP contribution is -2.47. The summed E-state index contributed by atoms with van der Waals surface area (Å²) >= 11 is 0. The third kappa shape index (κ3) is 5.57. The maximum Gasteiger partial charge on any atom is 0.306 e. The second kappa shape index (κ2) is 6.86. The molecule has 0 saturated heterocycles. The lowest BCUT2D eigenvalue weighted by Gasteiger charge is -2.34. The SMILES string of the molecule is CC(C)NC(=O)CNCC1(O)CCC(C(=O)O)CC1. The van der Waals surface area contributed by atoms with Gasteiger partial charge in [-0.15, -0.1) is 0 Å². The fourth-order valence-corrected chi connectivity index (χ4v) is 2.36. The van der Waals surface area contributed by atoms with Gasteiger partial charge in [0, 0.05) is 12.6 Å². The minimum Gasteiger partial charge on any atom is -0.481 e. The molecule has 110 valence electrons. The van der Waals surface area contributed by atoms with E-state index in [0.717, 1.165) is 0 Å². The van der Waals surface area contributed by atoms with Crippen molar-refractivity contribution in [1.29, 1.82) is 0 Å². The summed E-state index contributed by atoms with van der Waals surface area (Å²) < 4.78 is 0. The van der Waals surface area contributed by atoms with Crippen molar-refractivity contribution in [2.45, 2.75) is 51.2 Å². The fourth-order valence-electron chi connectivity index (χ4n) is 2.36. The third-order valence-electron chi connectivity index (χ3n) is 3.45. The number of carboxylic acids is 1. The molecule has 0 unspecified atom stereocenters. The molecular weight excluding hydrogens is 248 g/mol. The van der Waals surface area contributed by atoms with Crippen LogP contribution in [0.15, 0.2) is 0 Å². The zero-order valence-corrected chi connectivity index (χ0v) is 11.6. The van der Waals surface area contributed by atoms with Crippen molar-refractivity contribution in [2.24, 2.45) is 5.92 Å². The average Bonchev–Trinajstić information content (AvgIpc) is 2.28. The van der Waals surface area contributed by atoms with Gasteiger partial charge in [0.15, 0.2) is 0 Å². The topological polar surface area (TPSA) is 98.7 Å². The predicted octanol–water partition coefficient (Wildman–Crippen LogP) is 0.107. The average molecular weight is 272 g/mol. The number of hydrogen-bond donors (Lipinski definition) is 4. The second-order valence-corrected chi connectivity index (χ2v) is 5.66. The molecule has 1 fully saturated rings. The van der Waals surface area contributed by atoms with Crippen LogP contribution in [0.25, 0.3) is 0 Å². The largest absolute Gasteiger partial charge is 0.481 e. The lowest BCUT2D eigenvalue weighted by molar-refractivity contribution is -0.144. The Kier molecular flexibility index (Phi) is 5.75. The Morgan fingerprint density at radius 1 is 1.32 bits per heavy atom. The van der Waals surface area contributed by atoms with Crippen LogP contribution < -0.4 is 10.6 Å². The van der Waals surface area contributed by atoms with Crippen molar-refractivity contribution in [3.63, 3.8) is 0 Å². The van der Waals surface area contributed by atoms with Gasteiger partial charge in [-0.3, -0.25) is 9.59 Å². The highest BCUT2D eigenvalue weighted by Crippen LogP contribution is 2.31. The van der Waals surface area contributed by atoms with Gasteiger partial charge in [-0.05, 0) is 39.5 Å². The van der Waals surface area contributed by atoms with Crippen molar-refractivity contribution in [3.05, 3.63) is 0 Å². The molecule has 4 N–H and O–H groups in total. The van der Waals surface area contributed by atoms with Gasteiger partial charge >= 0.3 is 5.97 Å². The van der Waals surface area contributed by atoms with Gasteiger partial charge in [0.05, 0.1) is 18.1 Å². The van der Waals surface area contributed by atoms with Gasteiger partial charge in [-0.1, -0.05) is 0 Å². The van der Waals surface area contributed by atoms with Crippen LogP contribution in [0.3, 0.4) is 0 Å². The summed E-state index contributed by atoms with van der Waals surface area (Å²) in [6.45, 7) is 4.27. The van der Waals surface area contributed by atoms with Gasteiger partial charge in [-0.25, -0.2) is 0 Å². The minimum absolute atomic E-state index is 0.0992. The zero-order chi connectivity index (χ0) is 14.5. The maximum absolute atomic E-state index is 11.4. The molecule has 0 aromatic rings. The van der Waals surface area contributed by atoms with E-state index in [1.807, 2.05) is 13.8 Å². The molecule has 1 saturated carbocycles. The van der Waals surface area contributed by atoms with Crippen LogP contribution in [-0.4, -0.2) is 46.8 Å². The highest BCUT2D eigenvalue weighted by Gasteiger charge is 2.35. The van der Waals surface area contributed by atoms with E-state index >= 15 is 0 Å². The fraction of sp³-hybridized carbons (Fsp3) is 0.846. The number of hydrogen-bond acceptors (Lipinski definition) is 4. The first-order valence-corrected chi connectivity index (χ1v) is 6.78. The standard InChI is InChI=1S/C13H24N2O4/c1-9(2)15-11(16)7-14-8-13(19)5-3-10(4-6-13)12(17)18/h9-10,14,19H,3-8H2,1-2H3,(H,15,16)(H,17,18). The Hall–Kier alpha value is -1.14. The molecule has 6 nitrogen and oxygen atoms in total. The van der Waals surface area contributed by atoms with Crippen LogP contribution in [0, 0.1) is 5.92 Å². The van der Waals surface area contributed by atoms with Gasteiger partial charge in [0.2, 0.25) is 5.91 Å². The van der Waals surface area contributed by atoms with Crippen LogP contribution in [0.1, 0.15) is 39.5 Å². The number of nitrogens with one attached hydrogen (secondary N) is 2. The highest BCUT2D eigenvalue weighted by molar-refractivity contribution is 5.78. The Morgan fingerprint density at radius 2 is 1.89 bits per heavy atom. The van der Waals surface area contributed by atoms with Crippen LogP contribution >= 0.6 is 0 Å². The lowest BCUT2D eigenvalue weighted by atomic mass is 9.79. The quantitative estimate of drug-likeness (QED) is 0.550. The molecule has 19 heavy (non-hydrogen) atoms. The monoisotopic (exact) mass is 272 g/mol. The summed E-state index contributed by atoms with van der Waals surface area (Å²) in [7, 11) is 0. The molecular formula is C13H24N2O4. The smallest absolute Gasteiger partial charge is 0.306 e. The van der Waals surface area contributed by atoms with E-state index in [1.165, 1.54) is 0 Å². The molecule has 1 aliphatic carbocycles. The number of rotatable bonds is 6. The van der Waals surface area contributed by atoms with Crippen LogP contribution in [-0.2, 0) is 9.59 Å². The highest BCUT2D eigenvalue weighted by atomic mass is 16.4. The maximum atomic E-state index is 11.4. The Morgan fingerprint density at radius 3 is 2.37 bits per heavy atom. The molecule has 1 amide bonds. The van der Waals surface area contributed by atoms with Crippen LogP contribution in [0.5, 0.6) is 0 Å². The van der Waals surface area contributed by atoms with Crippen LogP contribution in [0.2, 0.25) is 0 Å². The molecule has 0 aliphatic heterocycles. The number of carbonyl (C=O) groups excluding carboxylic acids is 1. The number of aliphatic carboxylic acids is 1. The summed E-state index contributed by atoms with van der Waals surface area (Å²) in [5, 5.41) is 24.9. The summed E-state index contributed by atoms with van der Waals surface area (Å²) in [5.41, 5.74) is -0.885. The summed E-state index contributed by atoms with van der Waals surface area (Å²) in [5.74, 6) is -1.23. The van der Waals surface area contributed by atoms with E-state index in [9.17, 15) is 14.7 Å². The molecule has 0 bridgehead atoms. The summed E-state index contributed by atoms with van der Waals surface area (Å²) in [6, 6.07) is 0.100. The normalized spacial score (nSPS) is 27.3. The number of carbonyl (C=O) groups is 2. The molecule has 0 aromatic carbocycles. The summed E-state index contributed by atoms with van der Waals surface area (Å²) in [6.07, 6.45) is 1.91. The van der Waals surface area contributed by atoms with Crippen molar-refractivity contribution in [2.75, 3.05) is 13.1 Å². The molecule has 0 atom stereocenters. The van der Waals surface area contributed by atoms with E-state index in [-0.39, 0.29) is 24.4 Å². The van der Waals surface area contributed by atoms with Crippen molar-refractivity contribution in [1.82, 2.24) is 10.6 Å². The van der Waals surface area contributed by atoms with Crippen molar-refractivity contribution < 1.29 is 19.8 Å². The van der Waals surface area contributed by atoms with Crippen molar-refractivity contribution >= 4 is 11.9 Å². The first-order chi connectivity index (χ1) is 8.82. The van der Waals surface area contributed by atoms with Gasteiger partial charge in [-0.2, -0.15) is 0 Å². The molecule has 0 radical (unpaired) electrons. The van der Waals surface area contributed by atoms with E-state index in [1.54, 1.807) is 0 Å². The minimum atomic E-state index is -0.885. The Balaban J connectivity index is 2.26. The Labute approximate surface area is 113 Å². The van der Waals surface area contributed by atoms with E-state index in [4.69, 9.17) is 5.11 Å². The van der Waals surface area contributed by atoms with E-state index in [2.05, 4.69) is 10.6 Å². The first kappa shape index (κ1) is 15.9. The van der Waals surface area contributed by atoms with Gasteiger partial charge in [0.25, 0.3) is 0 Å². The molecule has 0 heterocycles. The predicted molar refractivity (Wildman–Crippen MR) is 70.7 cm³/mol. The van der Waals surface area contributed by atoms with E-state index < -0.39 is 11.6 Å². The van der Waals surface area contributed by atoms with Crippen LogP contribution in [0.4, 0.5) is 0 Å². The molecule has 0 aromatic heterocycles. The summed E-state index contributed by atoms with van der Waals surface area (Å²) in [4.78, 5) is 22.2. The Bertz CT molecular complexity index is 323. The third-order valence-corrected chi connectivity index (χ3v) is 3.45. The number of amides is 1. The molecule has 1 aliphatic rings. The molecule has 0 spiro atoms. The van der Waals surface area contributed by atoms with Crippen molar-refractivity contribution in [3.8, 4) is 0 Å². The molecule has 1 rings (SSSR count). The zero-order valence-electron chi connectivity index (χ0n) is 11.6. The molecule has 6 heteroatoms. The second-order valence-electron chi connectivity index (χ2n) is 5.66. The number of aliphatic hydroxyl groups is 1. The van der Waals surface area contributed by atoms with Gasteiger partial charge < -0.3 is 20.8 Å².